The van der Waals surface area contributed by atoms with Crippen molar-refractivity contribution in [2.45, 2.75) is 39.4 Å². The van der Waals surface area contributed by atoms with Gasteiger partial charge in [0, 0.05) is 28.5 Å². The second-order valence-electron chi connectivity index (χ2n) is 5.69. The molecule has 3 rings (SSSR count). The molecule has 0 aliphatic carbocycles. The first-order valence-corrected chi connectivity index (χ1v) is 9.75. The summed E-state index contributed by atoms with van der Waals surface area (Å²) in [5.74, 6) is 0. The summed E-state index contributed by atoms with van der Waals surface area (Å²) in [7, 11) is 0. The van der Waals surface area contributed by atoms with E-state index >= 15 is 0 Å². The Labute approximate surface area is 150 Å². The van der Waals surface area contributed by atoms with Crippen LogP contribution in [0.25, 0.3) is 10.6 Å². The van der Waals surface area contributed by atoms with Gasteiger partial charge >= 0.3 is 0 Å². The lowest BCUT2D eigenvalue weighted by Crippen LogP contribution is -2.30. The second-order valence-corrected chi connectivity index (χ2v) is 7.80. The Morgan fingerprint density at radius 1 is 1.33 bits per heavy atom. The average molecular weight is 363 g/mol. The SMILES string of the molecule is CC[C@@H](CO)NCc1ccc(-c2ccn(Cc3scnc3C)n2)s1. The molecule has 0 fully saturated rings. The van der Waals surface area contributed by atoms with Crippen molar-refractivity contribution < 1.29 is 5.11 Å². The molecule has 2 N–H and O–H groups in total. The minimum atomic E-state index is 0.164. The van der Waals surface area contributed by atoms with Gasteiger partial charge in [0.05, 0.1) is 29.2 Å². The summed E-state index contributed by atoms with van der Waals surface area (Å²) in [5, 5.41) is 17.3. The number of hydrogen-bond donors (Lipinski definition) is 2. The molecule has 0 aliphatic heterocycles. The maximum absolute atomic E-state index is 9.24. The molecule has 0 aromatic carbocycles. The Balaban J connectivity index is 1.64. The molecular formula is C17H22N4OS2. The van der Waals surface area contributed by atoms with Crippen molar-refractivity contribution in [2.24, 2.45) is 0 Å². The molecule has 3 heterocycles. The molecule has 0 amide bonds. The maximum Gasteiger partial charge on any atom is 0.102 e. The zero-order valence-electron chi connectivity index (χ0n) is 13.9. The van der Waals surface area contributed by atoms with Crippen molar-refractivity contribution in [1.82, 2.24) is 20.1 Å². The summed E-state index contributed by atoms with van der Waals surface area (Å²) in [6.45, 7) is 5.83. The third-order valence-electron chi connectivity index (χ3n) is 3.98. The van der Waals surface area contributed by atoms with Crippen molar-refractivity contribution in [2.75, 3.05) is 6.61 Å². The minimum Gasteiger partial charge on any atom is -0.395 e. The van der Waals surface area contributed by atoms with E-state index in [4.69, 9.17) is 0 Å². The van der Waals surface area contributed by atoms with Crippen LogP contribution >= 0.6 is 22.7 Å². The van der Waals surface area contributed by atoms with Gasteiger partial charge in [0.25, 0.3) is 0 Å². The summed E-state index contributed by atoms with van der Waals surface area (Å²) < 4.78 is 1.96. The van der Waals surface area contributed by atoms with E-state index in [0.717, 1.165) is 30.9 Å². The largest absolute Gasteiger partial charge is 0.395 e. The molecule has 0 bridgehead atoms. The molecule has 0 saturated carbocycles. The van der Waals surface area contributed by atoms with Crippen LogP contribution in [0.15, 0.2) is 29.9 Å². The number of nitrogens with zero attached hydrogens (tertiary/aromatic N) is 3. The van der Waals surface area contributed by atoms with Gasteiger partial charge in [0.1, 0.15) is 5.69 Å². The number of thiazole rings is 1. The lowest BCUT2D eigenvalue weighted by molar-refractivity contribution is 0.238. The Kier molecular flexibility index (Phi) is 5.78. The number of aromatic nitrogens is 3. The van der Waals surface area contributed by atoms with Crippen molar-refractivity contribution in [1.29, 1.82) is 0 Å². The first kappa shape index (κ1) is 17.3. The Bertz CT molecular complexity index is 773. The lowest BCUT2D eigenvalue weighted by Gasteiger charge is -2.12. The van der Waals surface area contributed by atoms with E-state index in [1.165, 1.54) is 14.6 Å². The summed E-state index contributed by atoms with van der Waals surface area (Å²) in [6, 6.07) is 6.47. The quantitative estimate of drug-likeness (QED) is 0.645. The number of aliphatic hydroxyl groups is 1. The lowest BCUT2D eigenvalue weighted by atomic mass is 10.2. The van der Waals surface area contributed by atoms with Crippen molar-refractivity contribution in [3.8, 4) is 10.6 Å². The molecule has 0 saturated heterocycles. The topological polar surface area (TPSA) is 63.0 Å². The first-order valence-electron chi connectivity index (χ1n) is 8.05. The summed E-state index contributed by atoms with van der Waals surface area (Å²) in [6.07, 6.45) is 2.95. The smallest absolute Gasteiger partial charge is 0.102 e. The standard InChI is InChI=1S/C17H22N4OS2/c1-3-13(10-22)18-8-14-4-5-16(24-14)15-6-7-21(20-15)9-17-12(2)19-11-23-17/h4-7,11,13,18,22H,3,8-10H2,1-2H3/t13-/m0/s1. The van der Waals surface area contributed by atoms with Crippen molar-refractivity contribution >= 4 is 22.7 Å². The van der Waals surface area contributed by atoms with Crippen LogP contribution in [0.3, 0.4) is 0 Å². The first-order chi connectivity index (χ1) is 11.7. The normalized spacial score (nSPS) is 12.6. The Morgan fingerprint density at radius 2 is 2.21 bits per heavy atom. The van der Waals surface area contributed by atoms with Crippen LogP contribution in [0.4, 0.5) is 0 Å². The maximum atomic E-state index is 9.24. The van der Waals surface area contributed by atoms with Crippen LogP contribution < -0.4 is 5.32 Å². The molecule has 0 unspecified atom stereocenters. The van der Waals surface area contributed by atoms with Gasteiger partial charge in [-0.3, -0.25) is 4.68 Å². The third kappa shape index (κ3) is 4.10. The molecule has 24 heavy (non-hydrogen) atoms. The monoisotopic (exact) mass is 362 g/mol. The fourth-order valence-electron chi connectivity index (χ4n) is 2.40. The average Bonchev–Trinajstić information content (AvgIpc) is 3.31. The van der Waals surface area contributed by atoms with Gasteiger partial charge in [-0.25, -0.2) is 4.98 Å². The number of aliphatic hydroxyl groups excluding tert-OH is 1. The summed E-state index contributed by atoms with van der Waals surface area (Å²) in [4.78, 5) is 7.95. The molecular weight excluding hydrogens is 340 g/mol. The van der Waals surface area contributed by atoms with Crippen LogP contribution in [-0.2, 0) is 13.1 Å². The van der Waals surface area contributed by atoms with Crippen molar-refractivity contribution in [3.05, 3.63) is 45.4 Å². The van der Waals surface area contributed by atoms with Gasteiger partial charge < -0.3 is 10.4 Å². The number of aryl methyl sites for hydroxylation is 1. The van der Waals surface area contributed by atoms with E-state index in [1.54, 1.807) is 22.7 Å². The molecule has 0 spiro atoms. The highest BCUT2D eigenvalue weighted by Gasteiger charge is 2.09. The van der Waals surface area contributed by atoms with Crippen LogP contribution in [0.5, 0.6) is 0 Å². The third-order valence-corrected chi connectivity index (χ3v) is 6.01. The fraction of sp³-hybridized carbons (Fsp3) is 0.412. The van der Waals surface area contributed by atoms with Crippen LogP contribution in [0, 0.1) is 6.92 Å². The molecule has 128 valence electrons. The van der Waals surface area contributed by atoms with E-state index in [0.29, 0.717) is 0 Å². The summed E-state index contributed by atoms with van der Waals surface area (Å²) in [5.41, 5.74) is 3.96. The van der Waals surface area contributed by atoms with Crippen LogP contribution in [-0.4, -0.2) is 32.5 Å². The Hall–Kier alpha value is -1.54. The zero-order chi connectivity index (χ0) is 16.9. The van der Waals surface area contributed by atoms with Crippen LogP contribution in [0.1, 0.15) is 28.8 Å². The van der Waals surface area contributed by atoms with E-state index in [2.05, 4.69) is 40.5 Å². The van der Waals surface area contributed by atoms with Gasteiger partial charge in [-0.1, -0.05) is 6.92 Å². The minimum absolute atomic E-state index is 0.164. The molecule has 0 aliphatic rings. The van der Waals surface area contributed by atoms with Gasteiger partial charge in [-0.15, -0.1) is 22.7 Å². The number of hydrogen-bond acceptors (Lipinski definition) is 6. The van der Waals surface area contributed by atoms with Crippen molar-refractivity contribution in [3.63, 3.8) is 0 Å². The van der Waals surface area contributed by atoms with E-state index in [1.807, 2.05) is 23.3 Å². The molecule has 0 radical (unpaired) electrons. The highest BCUT2D eigenvalue weighted by atomic mass is 32.1. The molecule has 1 atom stereocenters. The van der Waals surface area contributed by atoms with Gasteiger partial charge in [-0.05, 0) is 31.5 Å². The number of thiophene rings is 1. The highest BCUT2D eigenvalue weighted by molar-refractivity contribution is 7.15. The van der Waals surface area contributed by atoms with E-state index in [9.17, 15) is 5.11 Å². The van der Waals surface area contributed by atoms with Crippen LogP contribution in [0.2, 0.25) is 0 Å². The fourth-order valence-corrected chi connectivity index (χ4v) is 4.09. The predicted octanol–water partition coefficient (Wildman–Crippen LogP) is 3.29. The predicted molar refractivity (Wildman–Crippen MR) is 99.5 cm³/mol. The zero-order valence-corrected chi connectivity index (χ0v) is 15.5. The number of nitrogens with one attached hydrogen (secondary N) is 1. The molecule has 5 nitrogen and oxygen atoms in total. The highest BCUT2D eigenvalue weighted by Crippen LogP contribution is 2.27. The Morgan fingerprint density at radius 3 is 2.92 bits per heavy atom. The molecule has 3 aromatic rings. The summed E-state index contributed by atoms with van der Waals surface area (Å²) >= 11 is 3.41. The van der Waals surface area contributed by atoms with Gasteiger partial charge in [0.2, 0.25) is 0 Å². The molecule has 3 aromatic heterocycles. The second kappa shape index (κ2) is 8.02. The van der Waals surface area contributed by atoms with Gasteiger partial charge in [-0.2, -0.15) is 5.10 Å². The van der Waals surface area contributed by atoms with Gasteiger partial charge in [0.15, 0.2) is 0 Å². The number of rotatable bonds is 8. The van der Waals surface area contributed by atoms with E-state index < -0.39 is 0 Å². The molecule has 7 heteroatoms. The van der Waals surface area contributed by atoms with E-state index in [-0.39, 0.29) is 12.6 Å².